The maximum atomic E-state index is 12.5. The van der Waals surface area contributed by atoms with Crippen molar-refractivity contribution in [2.24, 2.45) is 5.92 Å². The molecule has 1 aliphatic carbocycles. The van der Waals surface area contributed by atoms with E-state index in [0.717, 1.165) is 12.8 Å². The molecule has 9 heteroatoms. The van der Waals surface area contributed by atoms with Crippen LogP contribution >= 0.6 is 0 Å². The first-order valence-corrected chi connectivity index (χ1v) is 7.61. The van der Waals surface area contributed by atoms with E-state index in [1.165, 1.54) is 25.3 Å². The van der Waals surface area contributed by atoms with Crippen molar-refractivity contribution in [2.75, 3.05) is 13.7 Å². The van der Waals surface area contributed by atoms with Crippen molar-refractivity contribution in [1.29, 1.82) is 0 Å². The highest BCUT2D eigenvalue weighted by Crippen LogP contribution is 2.32. The second-order valence-corrected chi connectivity index (χ2v) is 5.80. The smallest absolute Gasteiger partial charge is 0.391 e. The molecule has 1 amide bonds. The molecule has 1 saturated carbocycles. The third kappa shape index (κ3) is 5.84. The molecule has 1 atom stereocenters. The summed E-state index contributed by atoms with van der Waals surface area (Å²) in [5, 5.41) is 10.8. The average Bonchev–Trinajstić information content (AvgIpc) is 3.34. The fraction of sp³-hybridized carbons (Fsp3) is 0.500. The standard InChI is InChI=1S/C16H18F3NO5/c1-24-10-4-5-11(13(6-10)25-8-9-2-3-9)14(21)20-12(15(22)23)7-16(17,18)19/h4-6,9,12H,2-3,7-8H2,1H3,(H,20,21)(H,22,23). The zero-order valence-corrected chi connectivity index (χ0v) is 13.4. The number of carboxylic acids is 1. The van der Waals surface area contributed by atoms with Crippen LogP contribution in [0.5, 0.6) is 11.5 Å². The maximum Gasteiger partial charge on any atom is 0.391 e. The minimum Gasteiger partial charge on any atom is -0.497 e. The Bertz CT molecular complexity index is 643. The van der Waals surface area contributed by atoms with Gasteiger partial charge in [0, 0.05) is 6.07 Å². The molecule has 1 aromatic carbocycles. The SMILES string of the molecule is COc1ccc(C(=O)NC(CC(F)(F)F)C(=O)O)c(OCC2CC2)c1. The van der Waals surface area contributed by atoms with Gasteiger partial charge in [-0.2, -0.15) is 13.2 Å². The van der Waals surface area contributed by atoms with Crippen LogP contribution in [0.4, 0.5) is 13.2 Å². The molecule has 1 fully saturated rings. The van der Waals surface area contributed by atoms with Gasteiger partial charge < -0.3 is 19.9 Å². The van der Waals surface area contributed by atoms with Gasteiger partial charge >= 0.3 is 12.1 Å². The van der Waals surface area contributed by atoms with E-state index >= 15 is 0 Å². The number of amides is 1. The average molecular weight is 361 g/mol. The van der Waals surface area contributed by atoms with Gasteiger partial charge in [0.2, 0.25) is 0 Å². The van der Waals surface area contributed by atoms with Crippen molar-refractivity contribution in [1.82, 2.24) is 5.32 Å². The molecule has 25 heavy (non-hydrogen) atoms. The number of alkyl halides is 3. The lowest BCUT2D eigenvalue weighted by Gasteiger charge is -2.18. The molecular formula is C16H18F3NO5. The van der Waals surface area contributed by atoms with Crippen LogP contribution in [0, 0.1) is 5.92 Å². The Balaban J connectivity index is 2.16. The second kappa shape index (κ2) is 7.62. The van der Waals surface area contributed by atoms with Crippen molar-refractivity contribution in [3.63, 3.8) is 0 Å². The molecule has 0 radical (unpaired) electrons. The van der Waals surface area contributed by atoms with Crippen LogP contribution in [0.1, 0.15) is 29.6 Å². The molecule has 1 unspecified atom stereocenters. The van der Waals surface area contributed by atoms with Gasteiger partial charge in [-0.1, -0.05) is 0 Å². The lowest BCUT2D eigenvalue weighted by atomic mass is 10.1. The molecule has 0 aliphatic heterocycles. The van der Waals surface area contributed by atoms with Gasteiger partial charge in [-0.05, 0) is 30.9 Å². The Morgan fingerprint density at radius 1 is 1.36 bits per heavy atom. The van der Waals surface area contributed by atoms with E-state index in [1.54, 1.807) is 0 Å². The first-order chi connectivity index (χ1) is 11.7. The van der Waals surface area contributed by atoms with E-state index in [4.69, 9.17) is 14.6 Å². The van der Waals surface area contributed by atoms with Gasteiger partial charge in [-0.25, -0.2) is 4.79 Å². The number of methoxy groups -OCH3 is 1. The summed E-state index contributed by atoms with van der Waals surface area (Å²) in [5.74, 6) is -1.78. The van der Waals surface area contributed by atoms with Crippen LogP contribution in [0.15, 0.2) is 18.2 Å². The zero-order chi connectivity index (χ0) is 18.6. The Morgan fingerprint density at radius 2 is 2.04 bits per heavy atom. The quantitative estimate of drug-likeness (QED) is 0.744. The van der Waals surface area contributed by atoms with E-state index in [9.17, 15) is 22.8 Å². The summed E-state index contributed by atoms with van der Waals surface area (Å²) in [4.78, 5) is 23.3. The number of carbonyl (C=O) groups is 2. The van der Waals surface area contributed by atoms with Crippen LogP contribution in [-0.2, 0) is 4.79 Å². The van der Waals surface area contributed by atoms with Crippen molar-refractivity contribution in [2.45, 2.75) is 31.5 Å². The van der Waals surface area contributed by atoms with Crippen LogP contribution in [-0.4, -0.2) is 42.9 Å². The molecule has 138 valence electrons. The molecule has 0 spiro atoms. The minimum atomic E-state index is -4.72. The molecule has 1 aliphatic rings. The second-order valence-electron chi connectivity index (χ2n) is 5.80. The lowest BCUT2D eigenvalue weighted by Crippen LogP contribution is -2.43. The third-order valence-electron chi connectivity index (χ3n) is 3.64. The maximum absolute atomic E-state index is 12.5. The van der Waals surface area contributed by atoms with Crippen molar-refractivity contribution in [3.05, 3.63) is 23.8 Å². The van der Waals surface area contributed by atoms with Crippen molar-refractivity contribution < 1.29 is 37.3 Å². The molecular weight excluding hydrogens is 343 g/mol. The highest BCUT2D eigenvalue weighted by Gasteiger charge is 2.36. The number of carbonyl (C=O) groups excluding carboxylic acids is 1. The van der Waals surface area contributed by atoms with Crippen LogP contribution in [0.3, 0.4) is 0 Å². The monoisotopic (exact) mass is 361 g/mol. The van der Waals surface area contributed by atoms with E-state index in [-0.39, 0.29) is 11.3 Å². The Kier molecular flexibility index (Phi) is 5.76. The number of aliphatic carboxylic acids is 1. The molecule has 6 nitrogen and oxygen atoms in total. The van der Waals surface area contributed by atoms with E-state index in [2.05, 4.69) is 0 Å². The first kappa shape index (κ1) is 18.9. The number of ether oxygens (including phenoxy) is 2. The molecule has 2 rings (SSSR count). The number of carboxylic acid groups (broad SMARTS) is 1. The highest BCUT2D eigenvalue weighted by molar-refractivity contribution is 5.99. The van der Waals surface area contributed by atoms with Crippen LogP contribution in [0.25, 0.3) is 0 Å². The van der Waals surface area contributed by atoms with E-state index in [0.29, 0.717) is 18.3 Å². The zero-order valence-electron chi connectivity index (χ0n) is 13.4. The summed E-state index contributed by atoms with van der Waals surface area (Å²) in [6.45, 7) is 0.373. The highest BCUT2D eigenvalue weighted by atomic mass is 19.4. The predicted molar refractivity (Wildman–Crippen MR) is 80.8 cm³/mol. The fourth-order valence-electron chi connectivity index (χ4n) is 2.10. The summed E-state index contributed by atoms with van der Waals surface area (Å²) in [7, 11) is 1.42. The van der Waals surface area contributed by atoms with Crippen molar-refractivity contribution >= 4 is 11.9 Å². The molecule has 0 bridgehead atoms. The Morgan fingerprint density at radius 3 is 2.56 bits per heavy atom. The normalized spacial score (nSPS) is 15.4. The van der Waals surface area contributed by atoms with Gasteiger partial charge in [0.15, 0.2) is 0 Å². The van der Waals surface area contributed by atoms with Gasteiger partial charge in [-0.15, -0.1) is 0 Å². The number of nitrogens with one attached hydrogen (secondary N) is 1. The molecule has 0 saturated heterocycles. The summed E-state index contributed by atoms with van der Waals surface area (Å²) >= 11 is 0. The first-order valence-electron chi connectivity index (χ1n) is 7.61. The topological polar surface area (TPSA) is 84.9 Å². The van der Waals surface area contributed by atoms with E-state index in [1.807, 2.05) is 5.32 Å². The molecule has 1 aromatic rings. The number of hydrogen-bond donors (Lipinski definition) is 2. The summed E-state index contributed by atoms with van der Waals surface area (Å²) in [6.07, 6.45) is -4.36. The minimum absolute atomic E-state index is 0.0464. The lowest BCUT2D eigenvalue weighted by molar-refractivity contribution is -0.157. The van der Waals surface area contributed by atoms with Gasteiger partial charge in [0.05, 0.1) is 25.7 Å². The summed E-state index contributed by atoms with van der Waals surface area (Å²) < 4.78 is 48.0. The van der Waals surface area contributed by atoms with Gasteiger partial charge in [0.25, 0.3) is 5.91 Å². The number of halogens is 3. The van der Waals surface area contributed by atoms with Crippen LogP contribution in [0.2, 0.25) is 0 Å². The largest absolute Gasteiger partial charge is 0.497 e. The number of hydrogen-bond acceptors (Lipinski definition) is 4. The van der Waals surface area contributed by atoms with Crippen molar-refractivity contribution in [3.8, 4) is 11.5 Å². The Hall–Kier alpha value is -2.45. The fourth-order valence-corrected chi connectivity index (χ4v) is 2.10. The summed E-state index contributed by atoms with van der Waals surface area (Å²) in [6, 6.07) is 2.13. The van der Waals surface area contributed by atoms with Gasteiger partial charge in [-0.3, -0.25) is 4.79 Å². The predicted octanol–water partition coefficient (Wildman–Crippen LogP) is 2.62. The Labute approximate surface area is 141 Å². The molecule has 2 N–H and O–H groups in total. The molecule has 0 heterocycles. The van der Waals surface area contributed by atoms with E-state index < -0.39 is 30.5 Å². The van der Waals surface area contributed by atoms with Crippen LogP contribution < -0.4 is 14.8 Å². The summed E-state index contributed by atoms with van der Waals surface area (Å²) in [5.41, 5.74) is -0.0464. The van der Waals surface area contributed by atoms with Gasteiger partial charge in [0.1, 0.15) is 17.5 Å². The third-order valence-corrected chi connectivity index (χ3v) is 3.64. The molecule has 0 aromatic heterocycles. The number of benzene rings is 1. The number of rotatable bonds is 8.